The summed E-state index contributed by atoms with van der Waals surface area (Å²) in [4.78, 5) is 0. The molecule has 0 saturated heterocycles. The average molecular weight is 427 g/mol. The van der Waals surface area contributed by atoms with Crippen molar-refractivity contribution in [3.05, 3.63) is 60.7 Å². The maximum absolute atomic E-state index is 6.34. The molecule has 0 aliphatic rings. The molecule has 0 aromatic heterocycles. The summed E-state index contributed by atoms with van der Waals surface area (Å²) in [5, 5.41) is 2.75. The van der Waals surface area contributed by atoms with Gasteiger partial charge < -0.3 is 0 Å². The molecule has 0 spiro atoms. The van der Waals surface area contributed by atoms with Crippen molar-refractivity contribution in [3.8, 4) is 0 Å². The fourth-order valence-electron chi connectivity index (χ4n) is 2.36. The van der Waals surface area contributed by atoms with Gasteiger partial charge in [-0.05, 0) is 0 Å². The van der Waals surface area contributed by atoms with Crippen molar-refractivity contribution in [2.24, 2.45) is 0 Å². The van der Waals surface area contributed by atoms with E-state index in [4.69, 9.17) is 11.8 Å². The standard InChI is InChI=1S/C19H25PS2Se/c1-3-4-11-16-22-17(2)23-20(21,18-12-7-5-8-13-18)19-14-9-6-10-15-19/h5-10,12-15,17H,3-4,11,16H2,1-2H3. The molecule has 0 bridgehead atoms. The summed E-state index contributed by atoms with van der Waals surface area (Å²) >= 11 is 8.89. The van der Waals surface area contributed by atoms with E-state index in [1.54, 1.807) is 0 Å². The third kappa shape index (κ3) is 5.76. The molecule has 2 rings (SSSR count). The zero-order valence-corrected chi connectivity index (χ0v) is 18.1. The SMILES string of the molecule is CCCCCSC(C)[Se]P(=S)(c1ccccc1)c1ccccc1. The molecule has 2 aromatic carbocycles. The van der Waals surface area contributed by atoms with Gasteiger partial charge in [0.1, 0.15) is 0 Å². The predicted molar refractivity (Wildman–Crippen MR) is 114 cm³/mol. The molecular formula is C19H25PS2Se. The molecule has 2 aromatic rings. The van der Waals surface area contributed by atoms with Gasteiger partial charge in [0.05, 0.1) is 0 Å². The second-order valence-electron chi connectivity index (χ2n) is 5.47. The van der Waals surface area contributed by atoms with E-state index in [-0.39, 0.29) is 0 Å². The van der Waals surface area contributed by atoms with Gasteiger partial charge in [-0.15, -0.1) is 0 Å². The van der Waals surface area contributed by atoms with Crippen LogP contribution in [-0.2, 0) is 11.8 Å². The van der Waals surface area contributed by atoms with E-state index in [0.717, 1.165) is 0 Å². The van der Waals surface area contributed by atoms with Crippen molar-refractivity contribution >= 4 is 53.4 Å². The summed E-state index contributed by atoms with van der Waals surface area (Å²) in [5.41, 5.74) is 0. The van der Waals surface area contributed by atoms with Crippen molar-refractivity contribution in [2.45, 2.75) is 37.3 Å². The van der Waals surface area contributed by atoms with Crippen LogP contribution < -0.4 is 10.6 Å². The number of thioether (sulfide) groups is 1. The number of hydrogen-bond acceptors (Lipinski definition) is 2. The molecular weight excluding hydrogens is 402 g/mol. The van der Waals surface area contributed by atoms with Crippen molar-refractivity contribution in [2.75, 3.05) is 5.75 Å². The van der Waals surface area contributed by atoms with Crippen molar-refractivity contribution < 1.29 is 0 Å². The van der Waals surface area contributed by atoms with E-state index < -0.39 is 4.73 Å². The number of rotatable bonds is 9. The summed E-state index contributed by atoms with van der Waals surface area (Å²) in [7, 11) is 0. The molecule has 124 valence electrons. The fraction of sp³-hybridized carbons (Fsp3) is 0.368. The first-order valence-electron chi connectivity index (χ1n) is 8.18. The number of hydrogen-bond donors (Lipinski definition) is 0. The molecule has 0 amide bonds. The first kappa shape index (κ1) is 19.3. The van der Waals surface area contributed by atoms with E-state index in [0.29, 0.717) is 18.7 Å². The van der Waals surface area contributed by atoms with Gasteiger partial charge in [-0.2, -0.15) is 0 Å². The first-order valence-corrected chi connectivity index (χ1v) is 15.2. The fourth-order valence-corrected chi connectivity index (χ4v) is 18.5. The Bertz CT molecular complexity index is 572. The maximum atomic E-state index is 6.34. The van der Waals surface area contributed by atoms with Crippen LogP contribution in [0.2, 0.25) is 0 Å². The van der Waals surface area contributed by atoms with Crippen LogP contribution in [0, 0.1) is 0 Å². The van der Waals surface area contributed by atoms with Crippen LogP contribution in [0.15, 0.2) is 60.7 Å². The number of unbranched alkanes of at least 4 members (excludes halogenated alkanes) is 2. The van der Waals surface area contributed by atoms with Crippen LogP contribution in [-0.4, -0.2) is 24.4 Å². The van der Waals surface area contributed by atoms with E-state index in [9.17, 15) is 0 Å². The summed E-state index contributed by atoms with van der Waals surface area (Å²) in [6, 6.07) is 21.7. The zero-order valence-electron chi connectivity index (χ0n) is 13.9. The van der Waals surface area contributed by atoms with Gasteiger partial charge in [0.2, 0.25) is 0 Å². The second-order valence-corrected chi connectivity index (χ2v) is 19.4. The molecule has 0 aliphatic heterocycles. The second kappa shape index (κ2) is 10.1. The summed E-state index contributed by atoms with van der Waals surface area (Å²) in [6.07, 6.45) is 3.98. The van der Waals surface area contributed by atoms with Gasteiger partial charge >= 0.3 is 157 Å². The Labute approximate surface area is 156 Å². The van der Waals surface area contributed by atoms with Crippen molar-refractivity contribution in [1.29, 1.82) is 0 Å². The Hall–Kier alpha value is -0.0405. The molecule has 0 radical (unpaired) electrons. The molecule has 4 heteroatoms. The Balaban J connectivity index is 2.17. The molecule has 0 nitrogen and oxygen atoms in total. The van der Waals surface area contributed by atoms with Crippen molar-refractivity contribution in [3.63, 3.8) is 0 Å². The third-order valence-corrected chi connectivity index (χ3v) is 18.3. The number of benzene rings is 2. The minimum absolute atomic E-state index is 0.432. The van der Waals surface area contributed by atoms with E-state index in [1.165, 1.54) is 35.6 Å². The summed E-state index contributed by atoms with van der Waals surface area (Å²) < 4.78 is -0.989. The van der Waals surface area contributed by atoms with Gasteiger partial charge in [-0.1, -0.05) is 0 Å². The Morgan fingerprint density at radius 2 is 1.48 bits per heavy atom. The van der Waals surface area contributed by atoms with Gasteiger partial charge in [0, 0.05) is 0 Å². The molecule has 1 unspecified atom stereocenters. The molecule has 0 aliphatic carbocycles. The van der Waals surface area contributed by atoms with E-state index in [1.807, 2.05) is 0 Å². The first-order chi connectivity index (χ1) is 11.2. The molecule has 0 heterocycles. The monoisotopic (exact) mass is 428 g/mol. The molecule has 23 heavy (non-hydrogen) atoms. The molecule has 0 saturated carbocycles. The van der Waals surface area contributed by atoms with E-state index in [2.05, 4.69) is 86.3 Å². The van der Waals surface area contributed by atoms with E-state index >= 15 is 0 Å². The molecule has 0 fully saturated rings. The topological polar surface area (TPSA) is 0 Å². The summed E-state index contributed by atoms with van der Waals surface area (Å²) in [5.74, 6) is 1.27. The quantitative estimate of drug-likeness (QED) is 0.314. The van der Waals surface area contributed by atoms with Gasteiger partial charge in [0.15, 0.2) is 0 Å². The summed E-state index contributed by atoms with van der Waals surface area (Å²) in [6.45, 7) is 4.65. The van der Waals surface area contributed by atoms with Gasteiger partial charge in [-0.25, -0.2) is 0 Å². The predicted octanol–water partition coefficient (Wildman–Crippen LogP) is 5.01. The Kier molecular flexibility index (Phi) is 8.44. The third-order valence-electron chi connectivity index (χ3n) is 3.59. The van der Waals surface area contributed by atoms with Crippen LogP contribution in [0.4, 0.5) is 0 Å². The van der Waals surface area contributed by atoms with Crippen LogP contribution in [0.1, 0.15) is 33.1 Å². The zero-order chi connectivity index (χ0) is 16.5. The van der Waals surface area contributed by atoms with Crippen LogP contribution in [0.25, 0.3) is 0 Å². The Morgan fingerprint density at radius 3 is 1.96 bits per heavy atom. The Morgan fingerprint density at radius 1 is 0.957 bits per heavy atom. The van der Waals surface area contributed by atoms with Crippen molar-refractivity contribution in [1.82, 2.24) is 0 Å². The van der Waals surface area contributed by atoms with Gasteiger partial charge in [-0.3, -0.25) is 0 Å². The molecule has 0 N–H and O–H groups in total. The van der Waals surface area contributed by atoms with Gasteiger partial charge in [0.25, 0.3) is 0 Å². The van der Waals surface area contributed by atoms with Crippen LogP contribution in [0.3, 0.4) is 0 Å². The normalized spacial score (nSPS) is 13.0. The minimum atomic E-state index is -1.66. The van der Waals surface area contributed by atoms with Crippen LogP contribution in [0.5, 0.6) is 0 Å². The average Bonchev–Trinajstić information content (AvgIpc) is 2.60. The van der Waals surface area contributed by atoms with Crippen LogP contribution >= 0.6 is 16.5 Å². The molecule has 1 atom stereocenters.